The van der Waals surface area contributed by atoms with Crippen LogP contribution in [0.4, 0.5) is 4.79 Å². The number of rotatable bonds is 8. The Labute approximate surface area is 139 Å². The molecule has 23 heavy (non-hydrogen) atoms. The highest BCUT2D eigenvalue weighted by Gasteiger charge is 2.23. The summed E-state index contributed by atoms with van der Waals surface area (Å²) in [5, 5.41) is 0. The summed E-state index contributed by atoms with van der Waals surface area (Å²) in [6.45, 7) is 8.08. The van der Waals surface area contributed by atoms with E-state index in [0.29, 0.717) is 13.0 Å². The molecular weight excluding hydrogens is 290 g/mol. The van der Waals surface area contributed by atoms with E-state index >= 15 is 0 Å². The van der Waals surface area contributed by atoms with Crippen LogP contribution in [0.25, 0.3) is 0 Å². The van der Waals surface area contributed by atoms with Crippen molar-refractivity contribution in [3.63, 3.8) is 0 Å². The Hall–Kier alpha value is -1.84. The Morgan fingerprint density at radius 2 is 1.74 bits per heavy atom. The third kappa shape index (κ3) is 8.38. The van der Waals surface area contributed by atoms with Crippen LogP contribution in [0.15, 0.2) is 30.3 Å². The number of nitrogens with zero attached hydrogens (tertiary/aromatic N) is 1. The number of hydrogen-bond acceptors (Lipinski definition) is 3. The Morgan fingerprint density at radius 3 is 2.30 bits per heavy atom. The lowest BCUT2D eigenvalue weighted by Gasteiger charge is -2.27. The normalized spacial score (nSPS) is 11.1. The van der Waals surface area contributed by atoms with E-state index in [0.717, 1.165) is 24.8 Å². The second-order valence-corrected chi connectivity index (χ2v) is 6.82. The van der Waals surface area contributed by atoms with Crippen LogP contribution in [0, 0.1) is 0 Å². The van der Waals surface area contributed by atoms with Crippen molar-refractivity contribution in [1.82, 2.24) is 4.90 Å². The summed E-state index contributed by atoms with van der Waals surface area (Å²) < 4.78 is 5.43. The van der Waals surface area contributed by atoms with Crippen LogP contribution < -0.4 is 0 Å². The fraction of sp³-hybridized carbons (Fsp3) is 0.579. The molecule has 0 saturated heterocycles. The summed E-state index contributed by atoms with van der Waals surface area (Å²) in [7, 11) is 0. The van der Waals surface area contributed by atoms with Gasteiger partial charge >= 0.3 is 6.09 Å². The number of hydrogen-bond donors (Lipinski definition) is 0. The molecule has 1 aromatic rings. The highest BCUT2D eigenvalue weighted by atomic mass is 16.6. The van der Waals surface area contributed by atoms with Gasteiger partial charge in [0, 0.05) is 13.0 Å². The summed E-state index contributed by atoms with van der Waals surface area (Å²) in [6, 6.07) is 9.66. The first-order chi connectivity index (χ1) is 10.8. The van der Waals surface area contributed by atoms with Crippen molar-refractivity contribution in [2.24, 2.45) is 0 Å². The number of unbranched alkanes of at least 4 members (excludes halogenated alkanes) is 2. The summed E-state index contributed by atoms with van der Waals surface area (Å²) in [4.78, 5) is 26.0. The Morgan fingerprint density at radius 1 is 1.09 bits per heavy atom. The number of amides is 1. The highest BCUT2D eigenvalue weighted by molar-refractivity contribution is 5.84. The van der Waals surface area contributed by atoms with Gasteiger partial charge in [0.25, 0.3) is 0 Å². The molecule has 0 unspecified atom stereocenters. The lowest BCUT2D eigenvalue weighted by Crippen LogP contribution is -2.39. The first-order valence-corrected chi connectivity index (χ1v) is 8.35. The molecule has 0 atom stereocenters. The van der Waals surface area contributed by atoms with Crippen LogP contribution in [0.2, 0.25) is 0 Å². The van der Waals surface area contributed by atoms with Gasteiger partial charge in [-0.05, 0) is 32.8 Å². The van der Waals surface area contributed by atoms with E-state index in [1.165, 1.54) is 4.90 Å². The van der Waals surface area contributed by atoms with Gasteiger partial charge in [0.05, 0.1) is 6.54 Å². The van der Waals surface area contributed by atoms with E-state index < -0.39 is 11.7 Å². The average molecular weight is 319 g/mol. The number of Topliss-reactive ketones (excluding diaryl/α,β-unsaturated/α-hetero) is 1. The zero-order chi connectivity index (χ0) is 17.3. The molecule has 0 heterocycles. The second-order valence-electron chi connectivity index (χ2n) is 6.82. The molecule has 0 bridgehead atoms. The lowest BCUT2D eigenvalue weighted by atomic mass is 10.1. The molecule has 0 spiro atoms. The third-order valence-corrected chi connectivity index (χ3v) is 3.29. The minimum absolute atomic E-state index is 0.0836. The molecule has 0 radical (unpaired) electrons. The fourth-order valence-corrected chi connectivity index (χ4v) is 2.18. The van der Waals surface area contributed by atoms with Crippen molar-refractivity contribution in [3.8, 4) is 0 Å². The van der Waals surface area contributed by atoms with Crippen molar-refractivity contribution < 1.29 is 14.3 Å². The van der Waals surface area contributed by atoms with Gasteiger partial charge < -0.3 is 4.74 Å². The van der Waals surface area contributed by atoms with Gasteiger partial charge in [-0.1, -0.05) is 50.1 Å². The van der Waals surface area contributed by atoms with Crippen molar-refractivity contribution in [2.45, 2.75) is 65.5 Å². The van der Waals surface area contributed by atoms with Crippen LogP contribution in [-0.4, -0.2) is 28.9 Å². The number of ketones is 1. The molecule has 0 saturated carbocycles. The number of benzene rings is 1. The van der Waals surface area contributed by atoms with E-state index in [2.05, 4.69) is 6.92 Å². The Bertz CT molecular complexity index is 491. The first-order valence-electron chi connectivity index (χ1n) is 8.35. The van der Waals surface area contributed by atoms with E-state index in [1.807, 2.05) is 51.1 Å². The van der Waals surface area contributed by atoms with Crippen LogP contribution in [0.5, 0.6) is 0 Å². The average Bonchev–Trinajstić information content (AvgIpc) is 2.46. The Kier molecular flexibility index (Phi) is 7.79. The molecule has 0 N–H and O–H groups in total. The second kappa shape index (κ2) is 9.33. The molecular formula is C19H29NO3. The zero-order valence-corrected chi connectivity index (χ0v) is 14.8. The van der Waals surface area contributed by atoms with Gasteiger partial charge in [-0.2, -0.15) is 0 Å². The van der Waals surface area contributed by atoms with Crippen LogP contribution in [0.3, 0.4) is 0 Å². The van der Waals surface area contributed by atoms with Crippen LogP contribution >= 0.6 is 0 Å². The zero-order valence-electron chi connectivity index (χ0n) is 14.8. The summed E-state index contributed by atoms with van der Waals surface area (Å²) in [6.07, 6.45) is 3.07. The van der Waals surface area contributed by atoms with E-state index in [1.54, 1.807) is 0 Å². The van der Waals surface area contributed by atoms with Gasteiger partial charge in [-0.25, -0.2) is 4.79 Å². The van der Waals surface area contributed by atoms with E-state index in [-0.39, 0.29) is 12.3 Å². The molecule has 4 nitrogen and oxygen atoms in total. The quantitative estimate of drug-likeness (QED) is 0.659. The Balaban J connectivity index is 2.71. The third-order valence-electron chi connectivity index (χ3n) is 3.29. The van der Waals surface area contributed by atoms with Crippen molar-refractivity contribution in [2.75, 3.05) is 6.54 Å². The molecule has 1 rings (SSSR count). The largest absolute Gasteiger partial charge is 0.444 e. The highest BCUT2D eigenvalue weighted by Crippen LogP contribution is 2.13. The molecule has 1 amide bonds. The predicted molar refractivity (Wildman–Crippen MR) is 92.2 cm³/mol. The molecule has 0 aliphatic rings. The van der Waals surface area contributed by atoms with Crippen molar-refractivity contribution in [1.29, 1.82) is 0 Å². The van der Waals surface area contributed by atoms with Gasteiger partial charge in [-0.15, -0.1) is 0 Å². The van der Waals surface area contributed by atoms with Crippen molar-refractivity contribution >= 4 is 11.9 Å². The molecule has 4 heteroatoms. The topological polar surface area (TPSA) is 46.6 Å². The minimum Gasteiger partial charge on any atom is -0.444 e. The van der Waals surface area contributed by atoms with E-state index in [9.17, 15) is 9.59 Å². The number of carbonyl (C=O) groups excluding carboxylic acids is 2. The maximum atomic E-state index is 12.4. The van der Waals surface area contributed by atoms with Crippen LogP contribution in [0.1, 0.15) is 58.9 Å². The maximum absolute atomic E-state index is 12.4. The van der Waals surface area contributed by atoms with Gasteiger partial charge in [0.15, 0.2) is 5.78 Å². The fourth-order valence-electron chi connectivity index (χ4n) is 2.18. The molecule has 0 aliphatic heterocycles. The maximum Gasteiger partial charge on any atom is 0.410 e. The molecule has 0 fully saturated rings. The van der Waals surface area contributed by atoms with E-state index in [4.69, 9.17) is 4.74 Å². The van der Waals surface area contributed by atoms with Gasteiger partial charge in [0.1, 0.15) is 5.60 Å². The first kappa shape index (κ1) is 19.2. The lowest BCUT2D eigenvalue weighted by molar-refractivity contribution is -0.120. The summed E-state index contributed by atoms with van der Waals surface area (Å²) in [5.41, 5.74) is 0.414. The number of ether oxygens (including phenoxy) is 1. The SMILES string of the molecule is CCCCCC(=O)CN(Cc1ccccc1)C(=O)OC(C)(C)C. The molecule has 0 aromatic heterocycles. The van der Waals surface area contributed by atoms with Crippen LogP contribution in [-0.2, 0) is 16.1 Å². The molecule has 0 aliphatic carbocycles. The number of carbonyl (C=O) groups is 2. The van der Waals surface area contributed by atoms with Crippen molar-refractivity contribution in [3.05, 3.63) is 35.9 Å². The predicted octanol–water partition coefficient (Wildman–Crippen LogP) is 4.57. The summed E-state index contributed by atoms with van der Waals surface area (Å²) in [5.74, 6) is 0.0836. The van der Waals surface area contributed by atoms with Gasteiger partial charge in [0.2, 0.25) is 0 Å². The van der Waals surface area contributed by atoms with Gasteiger partial charge in [-0.3, -0.25) is 9.69 Å². The molecule has 128 valence electrons. The summed E-state index contributed by atoms with van der Waals surface area (Å²) >= 11 is 0. The standard InChI is InChI=1S/C19H29NO3/c1-5-6-8-13-17(21)15-20(18(22)23-19(2,3)4)14-16-11-9-7-10-12-16/h7,9-12H,5-6,8,13-15H2,1-4H3. The monoisotopic (exact) mass is 319 g/mol. The molecule has 1 aromatic carbocycles. The smallest absolute Gasteiger partial charge is 0.410 e. The minimum atomic E-state index is -0.572.